The van der Waals surface area contributed by atoms with Crippen LogP contribution >= 0.6 is 34.7 Å². The molecule has 2 aromatic heterocycles. The number of rotatable bonds is 9. The highest BCUT2D eigenvalue weighted by molar-refractivity contribution is 7.98. The van der Waals surface area contributed by atoms with Gasteiger partial charge in [0.15, 0.2) is 5.13 Å². The SMILES string of the molecule is CCOC(=O)c1cnc(Nc2nc(C)c(C(=O)OCC)s2)nc1CSc1ccc(Cl)cc1. The van der Waals surface area contributed by atoms with Gasteiger partial charge in [-0.05, 0) is 45.0 Å². The normalized spacial score (nSPS) is 10.6. The van der Waals surface area contributed by atoms with E-state index in [0.717, 1.165) is 16.2 Å². The van der Waals surface area contributed by atoms with Gasteiger partial charge in [-0.15, -0.1) is 11.8 Å². The number of aromatic nitrogens is 3. The average Bonchev–Trinajstić information content (AvgIpc) is 3.14. The minimum absolute atomic E-state index is 0.248. The molecule has 2 heterocycles. The fourth-order valence-corrected chi connectivity index (χ4v) is 4.41. The monoisotopic (exact) mass is 492 g/mol. The third kappa shape index (κ3) is 6.18. The first-order valence-corrected chi connectivity index (χ1v) is 11.9. The van der Waals surface area contributed by atoms with Crippen LogP contribution in [0, 0.1) is 6.92 Å². The fraction of sp³-hybridized carbons (Fsp3) is 0.286. The Kier molecular flexibility index (Phi) is 8.43. The van der Waals surface area contributed by atoms with Crippen LogP contribution in [0.5, 0.6) is 0 Å². The first-order valence-electron chi connectivity index (χ1n) is 9.74. The molecule has 8 nitrogen and oxygen atoms in total. The molecule has 3 aromatic rings. The number of hydrogen-bond donors (Lipinski definition) is 1. The summed E-state index contributed by atoms with van der Waals surface area (Å²) in [6, 6.07) is 7.39. The molecule has 0 fully saturated rings. The molecule has 3 rings (SSSR count). The average molecular weight is 493 g/mol. The quantitative estimate of drug-likeness (QED) is 0.315. The van der Waals surface area contributed by atoms with Crippen LogP contribution in [-0.2, 0) is 15.2 Å². The summed E-state index contributed by atoms with van der Waals surface area (Å²) in [6.45, 7) is 5.75. The van der Waals surface area contributed by atoms with Crippen LogP contribution in [0.15, 0.2) is 35.4 Å². The van der Waals surface area contributed by atoms with Gasteiger partial charge < -0.3 is 14.8 Å². The number of benzene rings is 1. The molecule has 0 saturated carbocycles. The number of carbonyl (C=O) groups is 2. The Hall–Kier alpha value is -2.69. The molecule has 0 spiro atoms. The lowest BCUT2D eigenvalue weighted by atomic mass is 10.2. The van der Waals surface area contributed by atoms with Gasteiger partial charge >= 0.3 is 11.9 Å². The van der Waals surface area contributed by atoms with Crippen molar-refractivity contribution in [2.75, 3.05) is 18.5 Å². The van der Waals surface area contributed by atoms with E-state index in [2.05, 4.69) is 20.3 Å². The van der Waals surface area contributed by atoms with Crippen LogP contribution in [0.4, 0.5) is 11.1 Å². The summed E-state index contributed by atoms with van der Waals surface area (Å²) in [5.74, 6) is -0.235. The van der Waals surface area contributed by atoms with Crippen molar-refractivity contribution in [3.05, 3.63) is 57.3 Å². The number of nitrogens with zero attached hydrogens (tertiary/aromatic N) is 3. The highest BCUT2D eigenvalue weighted by atomic mass is 35.5. The summed E-state index contributed by atoms with van der Waals surface area (Å²) in [5.41, 5.74) is 1.36. The standard InChI is InChI=1S/C21H21ClN4O4S2/c1-4-29-18(27)15-10-23-20(25-16(15)11-31-14-8-6-13(22)7-9-14)26-21-24-12(3)17(32-21)19(28)30-5-2/h6-10H,4-5,11H2,1-3H3,(H,23,24,25,26). The number of halogens is 1. The van der Waals surface area contributed by atoms with Crippen molar-refractivity contribution in [2.45, 2.75) is 31.4 Å². The molecule has 0 unspecified atom stereocenters. The molecule has 11 heteroatoms. The van der Waals surface area contributed by atoms with Gasteiger partial charge in [-0.2, -0.15) is 0 Å². The molecule has 1 N–H and O–H groups in total. The van der Waals surface area contributed by atoms with Gasteiger partial charge in [0.2, 0.25) is 5.95 Å². The van der Waals surface area contributed by atoms with Gasteiger partial charge in [-0.25, -0.2) is 24.5 Å². The molecule has 0 radical (unpaired) electrons. The van der Waals surface area contributed by atoms with Crippen molar-refractivity contribution in [3.63, 3.8) is 0 Å². The number of thiazole rings is 1. The molecule has 0 atom stereocenters. The molecular weight excluding hydrogens is 472 g/mol. The Morgan fingerprint density at radius 2 is 1.78 bits per heavy atom. The number of esters is 2. The smallest absolute Gasteiger partial charge is 0.350 e. The summed E-state index contributed by atoms with van der Waals surface area (Å²) in [7, 11) is 0. The Balaban J connectivity index is 1.83. The molecule has 168 valence electrons. The number of hydrogen-bond acceptors (Lipinski definition) is 10. The summed E-state index contributed by atoms with van der Waals surface area (Å²) >= 11 is 8.60. The van der Waals surface area contributed by atoms with Crippen molar-refractivity contribution in [1.29, 1.82) is 0 Å². The number of anilines is 2. The fourth-order valence-electron chi connectivity index (χ4n) is 2.58. The first kappa shape index (κ1) is 24.0. The minimum atomic E-state index is -0.486. The highest BCUT2D eigenvalue weighted by Gasteiger charge is 2.19. The summed E-state index contributed by atoms with van der Waals surface area (Å²) in [6.07, 6.45) is 1.43. The number of ether oxygens (including phenoxy) is 2. The number of nitrogens with one attached hydrogen (secondary N) is 1. The van der Waals surface area contributed by atoms with Crippen molar-refractivity contribution >= 4 is 57.7 Å². The molecule has 0 bridgehead atoms. The molecule has 0 aliphatic heterocycles. The molecule has 1 aromatic carbocycles. The zero-order valence-corrected chi connectivity index (χ0v) is 20.1. The largest absolute Gasteiger partial charge is 0.462 e. The van der Waals surface area contributed by atoms with Crippen LogP contribution in [0.1, 0.15) is 45.3 Å². The second-order valence-electron chi connectivity index (χ2n) is 6.30. The lowest BCUT2D eigenvalue weighted by Gasteiger charge is -2.10. The van der Waals surface area contributed by atoms with E-state index in [1.165, 1.54) is 18.0 Å². The molecule has 32 heavy (non-hydrogen) atoms. The summed E-state index contributed by atoms with van der Waals surface area (Å²) in [5, 5.41) is 4.10. The minimum Gasteiger partial charge on any atom is -0.462 e. The Bertz CT molecular complexity index is 1110. The van der Waals surface area contributed by atoms with E-state index in [1.54, 1.807) is 32.9 Å². The molecule has 0 amide bonds. The maximum absolute atomic E-state index is 12.4. The van der Waals surface area contributed by atoms with Crippen LogP contribution in [0.2, 0.25) is 5.02 Å². The lowest BCUT2D eigenvalue weighted by Crippen LogP contribution is -2.11. The van der Waals surface area contributed by atoms with E-state index in [0.29, 0.717) is 37.7 Å². The van der Waals surface area contributed by atoms with E-state index in [9.17, 15) is 9.59 Å². The van der Waals surface area contributed by atoms with Crippen LogP contribution in [0.3, 0.4) is 0 Å². The molecule has 0 saturated heterocycles. The second-order valence-corrected chi connectivity index (χ2v) is 8.78. The van der Waals surface area contributed by atoms with Crippen molar-refractivity contribution in [1.82, 2.24) is 15.0 Å². The second kappa shape index (κ2) is 11.3. The molecule has 0 aliphatic rings. The Morgan fingerprint density at radius 3 is 2.47 bits per heavy atom. The van der Waals surface area contributed by atoms with Gasteiger partial charge in [-0.3, -0.25) is 0 Å². The van der Waals surface area contributed by atoms with Gasteiger partial charge in [-0.1, -0.05) is 22.9 Å². The number of aryl methyl sites for hydroxylation is 1. The topological polar surface area (TPSA) is 103 Å². The third-order valence-electron chi connectivity index (χ3n) is 4.03. The Labute approximate surface area is 198 Å². The van der Waals surface area contributed by atoms with Gasteiger partial charge in [0.25, 0.3) is 0 Å². The van der Waals surface area contributed by atoms with Crippen molar-refractivity contribution in [3.8, 4) is 0 Å². The van der Waals surface area contributed by atoms with Crippen molar-refractivity contribution in [2.24, 2.45) is 0 Å². The summed E-state index contributed by atoms with van der Waals surface area (Å²) < 4.78 is 10.2. The highest BCUT2D eigenvalue weighted by Crippen LogP contribution is 2.28. The van der Waals surface area contributed by atoms with Gasteiger partial charge in [0, 0.05) is 21.9 Å². The maximum Gasteiger partial charge on any atom is 0.350 e. The van der Waals surface area contributed by atoms with E-state index < -0.39 is 11.9 Å². The maximum atomic E-state index is 12.4. The van der Waals surface area contributed by atoms with Crippen LogP contribution in [0.25, 0.3) is 0 Å². The molecular formula is C21H21ClN4O4S2. The predicted octanol–water partition coefficient (Wildman–Crippen LogP) is 5.28. The third-order valence-corrected chi connectivity index (χ3v) is 6.36. The zero-order valence-electron chi connectivity index (χ0n) is 17.7. The van der Waals surface area contributed by atoms with E-state index in [1.807, 2.05) is 12.1 Å². The summed E-state index contributed by atoms with van der Waals surface area (Å²) in [4.78, 5) is 38.9. The molecule has 0 aliphatic carbocycles. The van der Waals surface area contributed by atoms with E-state index >= 15 is 0 Å². The van der Waals surface area contributed by atoms with Gasteiger partial charge in [0.05, 0.1) is 24.6 Å². The van der Waals surface area contributed by atoms with Crippen LogP contribution in [-0.4, -0.2) is 40.1 Å². The van der Waals surface area contributed by atoms with Crippen LogP contribution < -0.4 is 5.32 Å². The lowest BCUT2D eigenvalue weighted by molar-refractivity contribution is 0.0517. The number of carbonyl (C=O) groups excluding carboxylic acids is 2. The number of thioether (sulfide) groups is 1. The van der Waals surface area contributed by atoms with Gasteiger partial charge in [0.1, 0.15) is 10.4 Å². The van der Waals surface area contributed by atoms with E-state index in [4.69, 9.17) is 21.1 Å². The Morgan fingerprint density at radius 1 is 1.09 bits per heavy atom. The first-order chi connectivity index (χ1) is 15.4. The van der Waals surface area contributed by atoms with E-state index in [-0.39, 0.29) is 19.2 Å². The predicted molar refractivity (Wildman–Crippen MR) is 125 cm³/mol. The van der Waals surface area contributed by atoms with Crippen molar-refractivity contribution < 1.29 is 19.1 Å². The zero-order chi connectivity index (χ0) is 23.1.